The van der Waals surface area contributed by atoms with E-state index in [-0.39, 0.29) is 24.5 Å². The summed E-state index contributed by atoms with van der Waals surface area (Å²) >= 11 is 1.61. The quantitative estimate of drug-likeness (QED) is 0.636. The van der Waals surface area contributed by atoms with Gasteiger partial charge in [-0.15, -0.1) is 11.3 Å². The van der Waals surface area contributed by atoms with Gasteiger partial charge in [0.2, 0.25) is 5.91 Å². The summed E-state index contributed by atoms with van der Waals surface area (Å²) < 4.78 is 1.77. The Balaban J connectivity index is 1.51. The average molecular weight is 367 g/mol. The van der Waals surface area contributed by atoms with E-state index in [1.807, 2.05) is 50.2 Å². The molecule has 2 heterocycles. The summed E-state index contributed by atoms with van der Waals surface area (Å²) in [5.41, 5.74) is 2.51. The Hall–Kier alpha value is -2.73. The number of rotatable bonds is 7. The fraction of sp³-hybridized carbons (Fsp3) is 0.250. The predicted molar refractivity (Wildman–Crippen MR) is 104 cm³/mol. The number of ketones is 1. The molecule has 5 nitrogen and oxygen atoms in total. The molecule has 0 saturated heterocycles. The molecule has 0 radical (unpaired) electrons. The van der Waals surface area contributed by atoms with Crippen LogP contribution >= 0.6 is 11.3 Å². The Labute approximate surface area is 156 Å². The molecule has 26 heavy (non-hydrogen) atoms. The van der Waals surface area contributed by atoms with Crippen molar-refractivity contribution in [3.8, 4) is 0 Å². The summed E-state index contributed by atoms with van der Waals surface area (Å²) in [5, 5.41) is 7.06. The Kier molecular flexibility index (Phi) is 5.63. The van der Waals surface area contributed by atoms with Gasteiger partial charge >= 0.3 is 0 Å². The molecule has 0 fully saturated rings. The van der Waals surface area contributed by atoms with E-state index in [4.69, 9.17) is 0 Å². The van der Waals surface area contributed by atoms with Crippen LogP contribution in [0.1, 0.15) is 38.5 Å². The van der Waals surface area contributed by atoms with E-state index < -0.39 is 0 Å². The molecular weight excluding hydrogens is 346 g/mol. The first kappa shape index (κ1) is 18.1. The highest BCUT2D eigenvalue weighted by molar-refractivity contribution is 7.12. The van der Waals surface area contributed by atoms with E-state index in [1.54, 1.807) is 28.4 Å². The van der Waals surface area contributed by atoms with Crippen molar-refractivity contribution in [2.75, 3.05) is 5.32 Å². The third-order valence-corrected chi connectivity index (χ3v) is 4.99. The van der Waals surface area contributed by atoms with Crippen molar-refractivity contribution in [3.63, 3.8) is 0 Å². The molecule has 2 aromatic heterocycles. The highest BCUT2D eigenvalue weighted by Crippen LogP contribution is 2.22. The average Bonchev–Trinajstić information content (AvgIpc) is 3.19. The Morgan fingerprint density at radius 2 is 1.92 bits per heavy atom. The maximum absolute atomic E-state index is 12.3. The van der Waals surface area contributed by atoms with Gasteiger partial charge in [0.15, 0.2) is 5.78 Å². The number of hydrogen-bond donors (Lipinski definition) is 1. The second-order valence-electron chi connectivity index (χ2n) is 6.21. The number of nitrogens with zero attached hydrogens (tertiary/aromatic N) is 2. The van der Waals surface area contributed by atoms with Crippen molar-refractivity contribution in [1.29, 1.82) is 0 Å². The normalized spacial score (nSPS) is 10.7. The minimum atomic E-state index is -0.179. The molecule has 3 rings (SSSR count). The molecule has 3 aromatic rings. The van der Waals surface area contributed by atoms with Crippen molar-refractivity contribution in [2.45, 2.75) is 33.2 Å². The lowest BCUT2D eigenvalue weighted by Gasteiger charge is -2.03. The molecule has 0 aliphatic carbocycles. The third-order valence-electron chi connectivity index (χ3n) is 4.02. The van der Waals surface area contributed by atoms with E-state index in [0.717, 1.165) is 20.9 Å². The number of Topliss-reactive ketones (excluding diaryl/α,β-unsaturated/α-hetero) is 1. The van der Waals surface area contributed by atoms with Gasteiger partial charge in [-0.25, -0.2) is 0 Å². The SMILES string of the molecule is Cc1cc(C(=O)CCC(=O)Nc2cnn(Cc3ccccc3)c2)c(C)s1. The van der Waals surface area contributed by atoms with E-state index in [2.05, 4.69) is 10.4 Å². The number of hydrogen-bond acceptors (Lipinski definition) is 4. The molecule has 1 aromatic carbocycles. The first-order valence-electron chi connectivity index (χ1n) is 8.48. The van der Waals surface area contributed by atoms with Crippen molar-refractivity contribution in [3.05, 3.63) is 69.7 Å². The summed E-state index contributed by atoms with van der Waals surface area (Å²) in [5.74, 6) is -0.163. The van der Waals surface area contributed by atoms with Gasteiger partial charge in [0.05, 0.1) is 18.4 Å². The molecule has 6 heteroatoms. The van der Waals surface area contributed by atoms with Crippen molar-refractivity contribution < 1.29 is 9.59 Å². The number of amides is 1. The summed E-state index contributed by atoms with van der Waals surface area (Å²) in [6, 6.07) is 11.9. The molecule has 1 amide bonds. The van der Waals surface area contributed by atoms with E-state index in [1.165, 1.54) is 0 Å². The number of thiophene rings is 1. The fourth-order valence-corrected chi connectivity index (χ4v) is 3.72. The van der Waals surface area contributed by atoms with Crippen LogP contribution < -0.4 is 5.32 Å². The molecule has 0 unspecified atom stereocenters. The summed E-state index contributed by atoms with van der Waals surface area (Å²) in [6.45, 7) is 4.56. The number of aryl methyl sites for hydroxylation is 2. The molecule has 1 N–H and O–H groups in total. The van der Waals surface area contributed by atoms with Gasteiger partial charge in [0.1, 0.15) is 0 Å². The Bertz CT molecular complexity index is 912. The van der Waals surface area contributed by atoms with E-state index in [9.17, 15) is 9.59 Å². The van der Waals surface area contributed by atoms with Gasteiger partial charge in [-0.05, 0) is 25.5 Å². The van der Waals surface area contributed by atoms with E-state index >= 15 is 0 Å². The van der Waals surface area contributed by atoms with Crippen LogP contribution in [0.25, 0.3) is 0 Å². The second kappa shape index (κ2) is 8.10. The van der Waals surface area contributed by atoms with Crippen molar-refractivity contribution in [2.24, 2.45) is 0 Å². The first-order chi connectivity index (χ1) is 12.5. The zero-order chi connectivity index (χ0) is 18.5. The summed E-state index contributed by atoms with van der Waals surface area (Å²) in [6.07, 6.45) is 3.78. The molecule has 134 valence electrons. The smallest absolute Gasteiger partial charge is 0.224 e. The van der Waals surface area contributed by atoms with Crippen LogP contribution in [0.4, 0.5) is 5.69 Å². The molecule has 0 bridgehead atoms. The van der Waals surface area contributed by atoms with Gasteiger partial charge in [-0.1, -0.05) is 30.3 Å². The van der Waals surface area contributed by atoms with Crippen molar-refractivity contribution >= 4 is 28.7 Å². The van der Waals surface area contributed by atoms with E-state index in [0.29, 0.717) is 12.2 Å². The van der Waals surface area contributed by atoms with Crippen LogP contribution in [0, 0.1) is 13.8 Å². The Morgan fingerprint density at radius 1 is 1.15 bits per heavy atom. The Morgan fingerprint density at radius 3 is 2.62 bits per heavy atom. The van der Waals surface area contributed by atoms with Crippen LogP contribution in [-0.2, 0) is 11.3 Å². The second-order valence-corrected chi connectivity index (χ2v) is 7.67. The summed E-state index contributed by atoms with van der Waals surface area (Å²) in [7, 11) is 0. The molecule has 0 aliphatic heterocycles. The molecular formula is C20H21N3O2S. The lowest BCUT2D eigenvalue weighted by molar-refractivity contribution is -0.116. The topological polar surface area (TPSA) is 64.0 Å². The summed E-state index contributed by atoms with van der Waals surface area (Å²) in [4.78, 5) is 26.5. The van der Waals surface area contributed by atoms with Crippen LogP contribution in [0.2, 0.25) is 0 Å². The maximum Gasteiger partial charge on any atom is 0.224 e. The number of benzene rings is 1. The number of aromatic nitrogens is 2. The van der Waals surface area contributed by atoms with Crippen LogP contribution in [-0.4, -0.2) is 21.5 Å². The lowest BCUT2D eigenvalue weighted by atomic mass is 10.1. The molecule has 0 spiro atoms. The van der Waals surface area contributed by atoms with Gasteiger partial charge in [0, 0.05) is 34.4 Å². The molecule has 0 atom stereocenters. The number of nitrogens with one attached hydrogen (secondary N) is 1. The van der Waals surface area contributed by atoms with Gasteiger partial charge in [0.25, 0.3) is 0 Å². The van der Waals surface area contributed by atoms with Gasteiger partial charge in [-0.2, -0.15) is 5.10 Å². The largest absolute Gasteiger partial charge is 0.323 e. The lowest BCUT2D eigenvalue weighted by Crippen LogP contribution is -2.13. The molecule has 0 aliphatic rings. The van der Waals surface area contributed by atoms with Crippen LogP contribution in [0.15, 0.2) is 48.8 Å². The third kappa shape index (κ3) is 4.67. The van der Waals surface area contributed by atoms with Crippen LogP contribution in [0.5, 0.6) is 0 Å². The highest BCUT2D eigenvalue weighted by Gasteiger charge is 2.14. The number of anilines is 1. The van der Waals surface area contributed by atoms with Crippen LogP contribution in [0.3, 0.4) is 0 Å². The standard InChI is InChI=1S/C20H21N3O2S/c1-14-10-18(15(2)26-14)19(24)8-9-20(25)22-17-11-21-23(13-17)12-16-6-4-3-5-7-16/h3-7,10-11,13H,8-9,12H2,1-2H3,(H,22,25). The van der Waals surface area contributed by atoms with Crippen molar-refractivity contribution in [1.82, 2.24) is 9.78 Å². The molecule has 0 saturated carbocycles. The number of carbonyl (C=O) groups is 2. The number of carbonyl (C=O) groups excluding carboxylic acids is 2. The first-order valence-corrected chi connectivity index (χ1v) is 9.29. The predicted octanol–water partition coefficient (Wildman–Crippen LogP) is 4.21. The minimum absolute atomic E-state index is 0.0155. The zero-order valence-electron chi connectivity index (χ0n) is 14.9. The monoisotopic (exact) mass is 367 g/mol. The van der Waals surface area contributed by atoms with Gasteiger partial charge in [-0.3, -0.25) is 14.3 Å². The zero-order valence-corrected chi connectivity index (χ0v) is 15.7. The fourth-order valence-electron chi connectivity index (χ4n) is 2.78. The maximum atomic E-state index is 12.3. The van der Waals surface area contributed by atoms with Gasteiger partial charge < -0.3 is 5.32 Å². The minimum Gasteiger partial charge on any atom is -0.323 e. The highest BCUT2D eigenvalue weighted by atomic mass is 32.1.